The van der Waals surface area contributed by atoms with Crippen LogP contribution in [-0.2, 0) is 0 Å². The lowest BCUT2D eigenvalue weighted by Crippen LogP contribution is -1.98. The van der Waals surface area contributed by atoms with E-state index in [2.05, 4.69) is 30.6 Å². The molecule has 2 unspecified atom stereocenters. The minimum absolute atomic E-state index is 0.133. The van der Waals surface area contributed by atoms with Crippen molar-refractivity contribution in [2.75, 3.05) is 0 Å². The van der Waals surface area contributed by atoms with E-state index in [4.69, 9.17) is 1.37 Å². The number of hydrogen-bond donors (Lipinski definition) is 0. The highest BCUT2D eigenvalue weighted by molar-refractivity contribution is 8.02. The summed E-state index contributed by atoms with van der Waals surface area (Å²) in [6, 6.07) is 0. The van der Waals surface area contributed by atoms with Gasteiger partial charge in [-0.3, -0.25) is 0 Å². The second kappa shape index (κ2) is 11.9. The second-order valence-electron chi connectivity index (χ2n) is 5.18. The van der Waals surface area contributed by atoms with Gasteiger partial charge in [0, 0.05) is 6.62 Å². The van der Waals surface area contributed by atoms with Crippen LogP contribution in [0.3, 0.4) is 0 Å². The van der Waals surface area contributed by atoms with Crippen LogP contribution in [0.2, 0.25) is 0 Å². The van der Waals surface area contributed by atoms with Crippen LogP contribution in [0.1, 0.15) is 78.9 Å². The van der Waals surface area contributed by atoms with Gasteiger partial charge in [-0.05, 0) is 11.8 Å². The fourth-order valence-corrected chi connectivity index (χ4v) is 3.08. The van der Waals surface area contributed by atoms with Crippen molar-refractivity contribution in [3.63, 3.8) is 0 Å². The molecule has 0 amide bonds. The second-order valence-corrected chi connectivity index (χ2v) is 6.33. The molecule has 2 atom stereocenters. The molecule has 1 rings (SSSR count). The number of rotatable bonds is 11. The van der Waals surface area contributed by atoms with Gasteiger partial charge in [-0.15, -0.1) is 11.8 Å². The van der Waals surface area contributed by atoms with Crippen molar-refractivity contribution in [3.05, 3.63) is 23.6 Å². The van der Waals surface area contributed by atoms with E-state index in [1.807, 2.05) is 11.8 Å². The van der Waals surface area contributed by atoms with Crippen LogP contribution >= 0.6 is 11.8 Å². The molecule has 0 spiro atoms. The van der Waals surface area contributed by atoms with Crippen LogP contribution in [0, 0.1) is 0 Å². The Bertz CT molecular complexity index is 260. The SMILES string of the molecule is [2H]C(CCCCCCCCCC)CC1C=CC=CS1. The molecule has 0 N–H and O–H groups in total. The van der Waals surface area contributed by atoms with E-state index in [0.717, 1.165) is 12.8 Å². The van der Waals surface area contributed by atoms with Crippen LogP contribution in [0.25, 0.3) is 0 Å². The smallest absolute Gasteiger partial charge is 0.0271 e. The number of unbranched alkanes of at least 4 members (excludes halogenated alkanes) is 7. The summed E-state index contributed by atoms with van der Waals surface area (Å²) >= 11 is 1.86. The molecule has 0 aromatic carbocycles. The first-order valence-electron chi connectivity index (χ1n) is 8.31. The van der Waals surface area contributed by atoms with E-state index in [1.165, 1.54) is 51.4 Å². The van der Waals surface area contributed by atoms with Gasteiger partial charge in [-0.1, -0.05) is 89.3 Å². The lowest BCUT2D eigenvalue weighted by atomic mass is 10.1. The largest absolute Gasteiger partial charge is 0.127 e. The Kier molecular flexibility index (Phi) is 9.41. The summed E-state index contributed by atoms with van der Waals surface area (Å²) in [4.78, 5) is 0. The van der Waals surface area contributed by atoms with E-state index >= 15 is 0 Å². The van der Waals surface area contributed by atoms with E-state index in [9.17, 15) is 0 Å². The fraction of sp³-hybridized carbons (Fsp3) is 0.765. The van der Waals surface area contributed by atoms with Crippen LogP contribution < -0.4 is 0 Å². The summed E-state index contributed by atoms with van der Waals surface area (Å²) in [6.45, 7) is 2.27. The third kappa shape index (κ3) is 8.85. The molecular weight excluding hydrogens is 236 g/mol. The number of thioether (sulfide) groups is 1. The molecule has 104 valence electrons. The van der Waals surface area contributed by atoms with E-state index in [-0.39, 0.29) is 6.40 Å². The van der Waals surface area contributed by atoms with Crippen molar-refractivity contribution in [2.45, 2.75) is 82.8 Å². The van der Waals surface area contributed by atoms with Crippen molar-refractivity contribution in [1.82, 2.24) is 0 Å². The molecule has 0 saturated carbocycles. The van der Waals surface area contributed by atoms with Crippen LogP contribution in [0.15, 0.2) is 23.6 Å². The quantitative estimate of drug-likeness (QED) is 0.386. The molecule has 0 bridgehead atoms. The first-order chi connectivity index (χ1) is 9.33. The van der Waals surface area contributed by atoms with Crippen molar-refractivity contribution in [1.29, 1.82) is 0 Å². The summed E-state index contributed by atoms with van der Waals surface area (Å²) in [5.74, 6) is 0. The molecule has 0 aromatic heterocycles. The summed E-state index contributed by atoms with van der Waals surface area (Å²) in [6.07, 6.45) is 19.6. The molecule has 0 aromatic rings. The van der Waals surface area contributed by atoms with Crippen molar-refractivity contribution >= 4 is 11.8 Å². The summed E-state index contributed by atoms with van der Waals surface area (Å²) < 4.78 is 8.11. The lowest BCUT2D eigenvalue weighted by Gasteiger charge is -2.11. The molecule has 1 aliphatic heterocycles. The van der Waals surface area contributed by atoms with E-state index in [0.29, 0.717) is 5.25 Å². The summed E-state index contributed by atoms with van der Waals surface area (Å²) in [7, 11) is 0. The Morgan fingerprint density at radius 2 is 1.61 bits per heavy atom. The highest BCUT2D eigenvalue weighted by atomic mass is 32.2. The third-order valence-electron chi connectivity index (χ3n) is 3.43. The molecule has 0 radical (unpaired) electrons. The van der Waals surface area contributed by atoms with Crippen molar-refractivity contribution in [2.24, 2.45) is 0 Å². The Morgan fingerprint density at radius 3 is 2.22 bits per heavy atom. The standard InChI is InChI=1S/C17H30S/c1-2-3-4-5-6-7-8-9-10-11-14-17-15-12-13-16-18-17/h12-13,15-17H,2-11,14H2,1H3/i11D. The van der Waals surface area contributed by atoms with E-state index in [1.54, 1.807) is 0 Å². The number of allylic oxidation sites excluding steroid dienone is 2. The monoisotopic (exact) mass is 267 g/mol. The highest BCUT2D eigenvalue weighted by Gasteiger charge is 2.04. The third-order valence-corrected chi connectivity index (χ3v) is 4.44. The predicted octanol–water partition coefficient (Wildman–Crippen LogP) is 6.48. The zero-order valence-corrected chi connectivity index (χ0v) is 12.8. The van der Waals surface area contributed by atoms with Gasteiger partial charge in [0.1, 0.15) is 0 Å². The Morgan fingerprint density at radius 1 is 0.944 bits per heavy atom. The Labute approximate surface area is 120 Å². The van der Waals surface area contributed by atoms with Gasteiger partial charge < -0.3 is 0 Å². The minimum Gasteiger partial charge on any atom is -0.127 e. The van der Waals surface area contributed by atoms with Gasteiger partial charge in [0.05, 0.1) is 0 Å². The minimum atomic E-state index is 0.133. The Hall–Kier alpha value is -0.170. The topological polar surface area (TPSA) is 0 Å². The van der Waals surface area contributed by atoms with Crippen LogP contribution in [0.4, 0.5) is 0 Å². The molecule has 18 heavy (non-hydrogen) atoms. The van der Waals surface area contributed by atoms with Crippen molar-refractivity contribution in [3.8, 4) is 0 Å². The maximum Gasteiger partial charge on any atom is 0.0271 e. The van der Waals surface area contributed by atoms with E-state index < -0.39 is 0 Å². The van der Waals surface area contributed by atoms with Crippen molar-refractivity contribution < 1.29 is 1.37 Å². The molecular formula is C17H30S. The predicted molar refractivity (Wildman–Crippen MR) is 86.1 cm³/mol. The highest BCUT2D eigenvalue weighted by Crippen LogP contribution is 2.23. The molecule has 1 heterocycles. The zero-order valence-electron chi connectivity index (χ0n) is 12.9. The van der Waals surface area contributed by atoms with Gasteiger partial charge >= 0.3 is 0 Å². The Balaban J connectivity index is 1.88. The normalized spacial score (nSPS) is 20.9. The van der Waals surface area contributed by atoms with Crippen LogP contribution in [-0.4, -0.2) is 5.25 Å². The first-order valence-corrected chi connectivity index (χ1v) is 8.68. The average molecular weight is 268 g/mol. The average Bonchev–Trinajstić information content (AvgIpc) is 2.43. The molecule has 0 nitrogen and oxygen atoms in total. The van der Waals surface area contributed by atoms with Gasteiger partial charge in [0.2, 0.25) is 0 Å². The zero-order chi connectivity index (χ0) is 13.8. The molecule has 1 heteroatoms. The molecule has 0 fully saturated rings. The summed E-state index contributed by atoms with van der Waals surface area (Å²) in [5.41, 5.74) is 0. The van der Waals surface area contributed by atoms with Gasteiger partial charge in [-0.25, -0.2) is 0 Å². The molecule has 1 aliphatic rings. The fourth-order valence-electron chi connectivity index (χ4n) is 2.26. The maximum absolute atomic E-state index is 8.11. The molecule has 0 aliphatic carbocycles. The lowest BCUT2D eigenvalue weighted by molar-refractivity contribution is 0.551. The first kappa shape index (κ1) is 14.2. The number of hydrogen-bond acceptors (Lipinski definition) is 1. The van der Waals surface area contributed by atoms with Gasteiger partial charge in [0.15, 0.2) is 0 Å². The van der Waals surface area contributed by atoms with Crippen LogP contribution in [0.5, 0.6) is 0 Å². The van der Waals surface area contributed by atoms with Gasteiger partial charge in [-0.2, -0.15) is 0 Å². The summed E-state index contributed by atoms with van der Waals surface area (Å²) in [5, 5.41) is 2.69. The maximum atomic E-state index is 8.11. The van der Waals surface area contributed by atoms with Gasteiger partial charge in [0.25, 0.3) is 0 Å². The molecule has 0 saturated heterocycles.